The van der Waals surface area contributed by atoms with Gasteiger partial charge >= 0.3 is 0 Å². The second-order valence-corrected chi connectivity index (χ2v) is 6.53. The van der Waals surface area contributed by atoms with Crippen molar-refractivity contribution in [2.75, 3.05) is 19.6 Å². The van der Waals surface area contributed by atoms with Crippen molar-refractivity contribution in [1.82, 2.24) is 19.8 Å². The molecule has 2 aromatic rings. The van der Waals surface area contributed by atoms with Gasteiger partial charge in [-0.3, -0.25) is 19.4 Å². The highest BCUT2D eigenvalue weighted by Gasteiger charge is 2.24. The third kappa shape index (κ3) is 3.99. The molecule has 136 valence electrons. The van der Waals surface area contributed by atoms with Crippen molar-refractivity contribution in [2.45, 2.75) is 12.8 Å². The molecule has 0 atom stereocenters. The Hall–Kier alpha value is -2.96. The lowest BCUT2D eigenvalue weighted by Gasteiger charge is -2.32. The van der Waals surface area contributed by atoms with E-state index in [0.29, 0.717) is 31.1 Å². The van der Waals surface area contributed by atoms with Crippen molar-refractivity contribution in [3.8, 4) is 0 Å². The summed E-state index contributed by atoms with van der Waals surface area (Å²) < 4.78 is 1.39. The van der Waals surface area contributed by atoms with Crippen LogP contribution >= 0.6 is 0 Å². The number of pyridine rings is 2. The van der Waals surface area contributed by atoms with Gasteiger partial charge < -0.3 is 14.8 Å². The number of aromatic nitrogens is 2. The Labute approximate surface area is 151 Å². The minimum atomic E-state index is -0.347. The van der Waals surface area contributed by atoms with Crippen molar-refractivity contribution in [3.63, 3.8) is 0 Å². The summed E-state index contributed by atoms with van der Waals surface area (Å²) in [5.74, 6) is -0.0575. The summed E-state index contributed by atoms with van der Waals surface area (Å²) in [4.78, 5) is 42.4. The zero-order chi connectivity index (χ0) is 18.5. The molecule has 1 aliphatic heterocycles. The van der Waals surface area contributed by atoms with Gasteiger partial charge in [0, 0.05) is 45.3 Å². The summed E-state index contributed by atoms with van der Waals surface area (Å²) in [6.45, 7) is 1.81. The third-order valence-electron chi connectivity index (χ3n) is 4.73. The van der Waals surface area contributed by atoms with Crippen LogP contribution in [0.1, 0.15) is 33.6 Å². The maximum Gasteiger partial charge on any atom is 0.263 e. The summed E-state index contributed by atoms with van der Waals surface area (Å²) in [5, 5.41) is 2.85. The first-order valence-corrected chi connectivity index (χ1v) is 8.69. The van der Waals surface area contributed by atoms with Gasteiger partial charge in [-0.1, -0.05) is 0 Å². The lowest BCUT2D eigenvalue weighted by molar-refractivity contribution is 0.0684. The van der Waals surface area contributed by atoms with Gasteiger partial charge in [-0.05, 0) is 43.0 Å². The monoisotopic (exact) mass is 354 g/mol. The van der Waals surface area contributed by atoms with E-state index in [9.17, 15) is 14.4 Å². The van der Waals surface area contributed by atoms with Gasteiger partial charge in [0.25, 0.3) is 17.4 Å². The van der Waals surface area contributed by atoms with Crippen LogP contribution in [0.15, 0.2) is 47.7 Å². The number of hydrogen-bond acceptors (Lipinski definition) is 4. The number of piperidine rings is 1. The Morgan fingerprint density at radius 3 is 2.69 bits per heavy atom. The van der Waals surface area contributed by atoms with E-state index in [4.69, 9.17) is 0 Å². The van der Waals surface area contributed by atoms with Crippen LogP contribution < -0.4 is 10.9 Å². The lowest BCUT2D eigenvalue weighted by Crippen LogP contribution is -2.42. The number of rotatable bonds is 4. The van der Waals surface area contributed by atoms with E-state index < -0.39 is 0 Å². The van der Waals surface area contributed by atoms with E-state index in [-0.39, 0.29) is 22.9 Å². The zero-order valence-electron chi connectivity index (χ0n) is 14.7. The lowest BCUT2D eigenvalue weighted by atomic mass is 9.96. The predicted octanol–water partition coefficient (Wildman–Crippen LogP) is 1.06. The van der Waals surface area contributed by atoms with Crippen molar-refractivity contribution in [1.29, 1.82) is 0 Å². The van der Waals surface area contributed by atoms with E-state index in [0.717, 1.165) is 12.8 Å². The van der Waals surface area contributed by atoms with E-state index in [1.54, 1.807) is 43.8 Å². The molecule has 3 rings (SSSR count). The number of amides is 2. The molecule has 2 aromatic heterocycles. The maximum atomic E-state index is 12.4. The van der Waals surface area contributed by atoms with Gasteiger partial charge in [0.05, 0.1) is 5.56 Å². The van der Waals surface area contributed by atoms with Gasteiger partial charge in [-0.25, -0.2) is 0 Å². The molecule has 0 aliphatic carbocycles. The van der Waals surface area contributed by atoms with E-state index in [1.807, 2.05) is 4.90 Å². The first-order chi connectivity index (χ1) is 12.6. The van der Waals surface area contributed by atoms with E-state index >= 15 is 0 Å². The molecular formula is C19H22N4O3. The standard InChI is InChI=1S/C19H22N4O3/c1-22-9-3-5-16(19(22)26)17(24)21-12-14-6-10-23(11-7-14)18(25)15-4-2-8-20-13-15/h2-5,8-9,13-14H,6-7,10-12H2,1H3,(H,21,24). The van der Waals surface area contributed by atoms with Crippen molar-refractivity contribution < 1.29 is 9.59 Å². The Balaban J connectivity index is 1.50. The fourth-order valence-electron chi connectivity index (χ4n) is 3.11. The van der Waals surface area contributed by atoms with Gasteiger partial charge in [-0.2, -0.15) is 0 Å². The Morgan fingerprint density at radius 2 is 2.00 bits per heavy atom. The number of carbonyl (C=O) groups is 2. The van der Waals surface area contributed by atoms with Crippen molar-refractivity contribution >= 4 is 11.8 Å². The van der Waals surface area contributed by atoms with Crippen LogP contribution in [-0.4, -0.2) is 45.9 Å². The largest absolute Gasteiger partial charge is 0.352 e. The molecule has 7 heteroatoms. The molecule has 0 unspecified atom stereocenters. The smallest absolute Gasteiger partial charge is 0.263 e. The van der Waals surface area contributed by atoms with Crippen LogP contribution in [0.5, 0.6) is 0 Å². The summed E-state index contributed by atoms with van der Waals surface area (Å²) in [6.07, 6.45) is 6.48. The normalized spacial score (nSPS) is 14.9. The molecule has 1 N–H and O–H groups in total. The topological polar surface area (TPSA) is 84.3 Å². The molecule has 3 heterocycles. The first kappa shape index (κ1) is 17.8. The molecule has 0 aromatic carbocycles. The van der Waals surface area contributed by atoms with Gasteiger partial charge in [-0.15, -0.1) is 0 Å². The molecule has 1 saturated heterocycles. The minimum Gasteiger partial charge on any atom is -0.352 e. The molecule has 7 nitrogen and oxygen atoms in total. The average molecular weight is 354 g/mol. The van der Waals surface area contributed by atoms with Gasteiger partial charge in [0.1, 0.15) is 5.56 Å². The molecular weight excluding hydrogens is 332 g/mol. The number of nitrogens with one attached hydrogen (secondary N) is 1. The number of hydrogen-bond donors (Lipinski definition) is 1. The SMILES string of the molecule is Cn1cccc(C(=O)NCC2CCN(C(=O)c3cccnc3)CC2)c1=O. The molecule has 0 bridgehead atoms. The Morgan fingerprint density at radius 1 is 1.23 bits per heavy atom. The molecule has 1 fully saturated rings. The predicted molar refractivity (Wildman–Crippen MR) is 96.9 cm³/mol. The first-order valence-electron chi connectivity index (χ1n) is 8.69. The zero-order valence-corrected chi connectivity index (χ0v) is 14.7. The van der Waals surface area contributed by atoms with Crippen LogP contribution in [0.3, 0.4) is 0 Å². The molecule has 2 amide bonds. The van der Waals surface area contributed by atoms with Crippen LogP contribution in [0, 0.1) is 5.92 Å². The second-order valence-electron chi connectivity index (χ2n) is 6.53. The van der Waals surface area contributed by atoms with Gasteiger partial charge in [0.15, 0.2) is 0 Å². The van der Waals surface area contributed by atoms with Crippen LogP contribution in [-0.2, 0) is 7.05 Å². The molecule has 0 spiro atoms. The number of aryl methyl sites for hydroxylation is 1. The Kier molecular flexibility index (Phi) is 5.46. The van der Waals surface area contributed by atoms with Crippen molar-refractivity contribution in [2.24, 2.45) is 13.0 Å². The van der Waals surface area contributed by atoms with Crippen LogP contribution in [0.2, 0.25) is 0 Å². The maximum absolute atomic E-state index is 12.4. The summed E-state index contributed by atoms with van der Waals surface area (Å²) in [5.41, 5.74) is 0.445. The fourth-order valence-corrected chi connectivity index (χ4v) is 3.11. The Bertz CT molecular complexity index is 839. The molecule has 0 saturated carbocycles. The highest BCUT2D eigenvalue weighted by Crippen LogP contribution is 2.18. The highest BCUT2D eigenvalue weighted by molar-refractivity contribution is 5.94. The number of likely N-dealkylation sites (tertiary alicyclic amines) is 1. The molecule has 1 aliphatic rings. The summed E-state index contributed by atoms with van der Waals surface area (Å²) >= 11 is 0. The van der Waals surface area contributed by atoms with Crippen LogP contribution in [0.25, 0.3) is 0 Å². The summed E-state index contributed by atoms with van der Waals surface area (Å²) in [6, 6.07) is 6.73. The quantitative estimate of drug-likeness (QED) is 0.890. The number of nitrogens with zero attached hydrogens (tertiary/aromatic N) is 3. The minimum absolute atomic E-state index is 0.00614. The van der Waals surface area contributed by atoms with Crippen LogP contribution in [0.4, 0.5) is 0 Å². The average Bonchev–Trinajstić information content (AvgIpc) is 2.69. The van der Waals surface area contributed by atoms with E-state index in [1.165, 1.54) is 10.6 Å². The number of carbonyl (C=O) groups excluding carboxylic acids is 2. The molecule has 0 radical (unpaired) electrons. The van der Waals surface area contributed by atoms with Crippen molar-refractivity contribution in [3.05, 3.63) is 64.3 Å². The van der Waals surface area contributed by atoms with Gasteiger partial charge in [0.2, 0.25) is 0 Å². The summed E-state index contributed by atoms with van der Waals surface area (Å²) in [7, 11) is 1.62. The third-order valence-corrected chi connectivity index (χ3v) is 4.73. The second kappa shape index (κ2) is 7.95. The molecule has 26 heavy (non-hydrogen) atoms. The van der Waals surface area contributed by atoms with E-state index in [2.05, 4.69) is 10.3 Å². The fraction of sp³-hybridized carbons (Fsp3) is 0.368. The highest BCUT2D eigenvalue weighted by atomic mass is 16.2.